The maximum atomic E-state index is 10.7. The molecule has 0 fully saturated rings. The van der Waals surface area contributed by atoms with Crippen LogP contribution in [0.25, 0.3) is 0 Å². The van der Waals surface area contributed by atoms with Crippen molar-refractivity contribution in [3.05, 3.63) is 12.2 Å². The van der Waals surface area contributed by atoms with Gasteiger partial charge in [-0.2, -0.15) is 8.42 Å². The minimum atomic E-state index is -4.32. The summed E-state index contributed by atoms with van der Waals surface area (Å²) in [5.41, 5.74) is -1.48. The van der Waals surface area contributed by atoms with Gasteiger partial charge in [0.05, 0.1) is 0 Å². The molecule has 0 spiro atoms. The van der Waals surface area contributed by atoms with Crippen LogP contribution in [0.4, 0.5) is 0 Å². The van der Waals surface area contributed by atoms with Gasteiger partial charge in [-0.05, 0) is 13.8 Å². The Morgan fingerprint density at radius 1 is 1.54 bits per heavy atom. The van der Waals surface area contributed by atoms with Crippen molar-refractivity contribution in [2.75, 3.05) is 0 Å². The molecule has 1 atom stereocenters. The monoisotopic (exact) mass is 217 g/mol. The van der Waals surface area contributed by atoms with Gasteiger partial charge in [-0.25, -0.2) is 4.79 Å². The van der Waals surface area contributed by atoms with E-state index in [0.29, 0.717) is 0 Å². The quantitative estimate of drug-likeness (QED) is 0.241. The number of rotatable bonds is 3. The molecule has 7 heteroatoms. The van der Waals surface area contributed by atoms with Gasteiger partial charge in [-0.3, -0.25) is 4.55 Å². The average Bonchev–Trinajstić information content (AvgIpc) is 1.85. The van der Waals surface area contributed by atoms with Gasteiger partial charge in [-0.15, -0.1) is 0 Å². The number of ether oxygens (including phenoxy) is 1. The number of carbonyl (C=O) groups excluding carboxylic acids is 1. The van der Waals surface area contributed by atoms with Gasteiger partial charge in [0.15, 0.2) is 0 Å². The van der Waals surface area contributed by atoms with Crippen LogP contribution in [-0.2, 0) is 19.6 Å². The van der Waals surface area contributed by atoms with E-state index in [1.807, 2.05) is 0 Å². The van der Waals surface area contributed by atoms with Gasteiger partial charge >= 0.3 is 45.6 Å². The predicted octanol–water partition coefficient (Wildman–Crippen LogP) is -2.66. The van der Waals surface area contributed by atoms with Crippen LogP contribution < -0.4 is 29.6 Å². The Labute approximate surface area is 99.2 Å². The van der Waals surface area contributed by atoms with Crippen molar-refractivity contribution < 1.29 is 52.1 Å². The van der Waals surface area contributed by atoms with E-state index in [4.69, 9.17) is 4.55 Å². The molecule has 5 nitrogen and oxygen atoms in total. The average molecular weight is 217 g/mol. The molecule has 1 unspecified atom stereocenters. The van der Waals surface area contributed by atoms with Crippen LogP contribution in [0.3, 0.4) is 0 Å². The van der Waals surface area contributed by atoms with Gasteiger partial charge in [0.1, 0.15) is 0 Å². The molecule has 0 radical (unpaired) electrons. The van der Waals surface area contributed by atoms with Gasteiger partial charge < -0.3 is 4.74 Å². The summed E-state index contributed by atoms with van der Waals surface area (Å²) in [6, 6.07) is 0. The first-order valence-corrected chi connectivity index (χ1v) is 4.58. The molecule has 0 heterocycles. The minimum Gasteiger partial charge on any atom is -0.440 e. The number of hydrogen-bond donors (Lipinski definition) is 1. The zero-order chi connectivity index (χ0) is 9.94. The Morgan fingerprint density at radius 3 is 2.15 bits per heavy atom. The van der Waals surface area contributed by atoms with Gasteiger partial charge in [-0.1, -0.05) is 6.58 Å². The van der Waals surface area contributed by atoms with E-state index in [9.17, 15) is 13.2 Å². The summed E-state index contributed by atoms with van der Waals surface area (Å²) in [5.74, 6) is -0.847. The third-order valence-electron chi connectivity index (χ3n) is 1.04. The largest absolute Gasteiger partial charge is 1.00 e. The Balaban J connectivity index is 0. The van der Waals surface area contributed by atoms with Crippen LogP contribution in [0.5, 0.6) is 0 Å². The molecule has 0 amide bonds. The molecule has 0 aromatic heterocycles. The molecule has 0 aliphatic heterocycles. The van der Waals surface area contributed by atoms with Gasteiger partial charge in [0, 0.05) is 5.57 Å². The van der Waals surface area contributed by atoms with Crippen LogP contribution in [-0.4, -0.2) is 24.4 Å². The zero-order valence-electron chi connectivity index (χ0n) is 7.77. The van der Waals surface area contributed by atoms with Crippen LogP contribution in [0.15, 0.2) is 12.2 Å². The summed E-state index contributed by atoms with van der Waals surface area (Å²) in [6.07, 6.45) is 0. The fourth-order valence-electron chi connectivity index (χ4n) is 0.312. The van der Waals surface area contributed by atoms with Crippen LogP contribution in [0.1, 0.15) is 13.8 Å². The van der Waals surface area contributed by atoms with E-state index in [2.05, 4.69) is 11.3 Å². The van der Waals surface area contributed by atoms with E-state index >= 15 is 0 Å². The topological polar surface area (TPSA) is 80.7 Å². The van der Waals surface area contributed by atoms with Crippen molar-refractivity contribution in [3.8, 4) is 0 Å². The first-order valence-electron chi connectivity index (χ1n) is 3.08. The molecule has 0 aliphatic carbocycles. The summed E-state index contributed by atoms with van der Waals surface area (Å²) >= 11 is 0. The zero-order valence-corrected chi connectivity index (χ0v) is 10.6. The molecule has 1 N–H and O–H groups in total. The van der Waals surface area contributed by atoms with Crippen LogP contribution in [0, 0.1) is 0 Å². The number of hydrogen-bond acceptors (Lipinski definition) is 4. The molecule has 0 saturated carbocycles. The number of esters is 1. The second-order valence-corrected chi connectivity index (χ2v) is 3.96. The van der Waals surface area contributed by atoms with E-state index in [0.717, 1.165) is 6.92 Å². The van der Waals surface area contributed by atoms with E-state index in [1.165, 1.54) is 6.92 Å². The Bertz CT molecular complexity index is 294. The Hall–Kier alpha value is 0.120. The molecule has 13 heavy (non-hydrogen) atoms. The van der Waals surface area contributed by atoms with Crippen molar-refractivity contribution in [1.82, 2.24) is 0 Å². The van der Waals surface area contributed by atoms with Crippen molar-refractivity contribution >= 4 is 16.1 Å². The first-order chi connectivity index (χ1) is 5.25. The van der Waals surface area contributed by atoms with Crippen molar-refractivity contribution in [3.63, 3.8) is 0 Å². The normalized spacial score (nSPS) is 12.5. The van der Waals surface area contributed by atoms with Crippen molar-refractivity contribution in [2.45, 2.75) is 19.3 Å². The summed E-state index contributed by atoms with van der Waals surface area (Å²) in [6.45, 7) is 5.66. The summed E-state index contributed by atoms with van der Waals surface area (Å²) in [7, 11) is -4.32. The second-order valence-electron chi connectivity index (χ2n) is 2.27. The Morgan fingerprint density at radius 2 is 1.92 bits per heavy atom. The molecule has 0 aromatic rings. The van der Waals surface area contributed by atoms with Crippen molar-refractivity contribution in [2.24, 2.45) is 0 Å². The smallest absolute Gasteiger partial charge is 0.440 e. The molecule has 0 aromatic carbocycles. The first kappa shape index (κ1) is 15.6. The third kappa shape index (κ3) is 6.23. The maximum absolute atomic E-state index is 10.7. The minimum absolute atomic E-state index is 0. The SMILES string of the molecule is C=C(C)C(=O)OC(C)S(=O)(=O)O.[Na+]. The number of carbonyl (C=O) groups is 1. The maximum Gasteiger partial charge on any atom is 1.00 e. The molecule has 0 bridgehead atoms. The standard InChI is InChI=1S/C6H10O5S.Na/c1-4(2)6(7)11-5(3)12(8,9)10;/h5H,1H2,2-3H3,(H,8,9,10);/q;+1. The molecular weight excluding hydrogens is 207 g/mol. The molecule has 70 valence electrons. The molecule has 0 rings (SSSR count). The summed E-state index contributed by atoms with van der Waals surface area (Å²) in [5, 5.41) is 0. The summed E-state index contributed by atoms with van der Waals surface area (Å²) in [4.78, 5) is 10.7. The molecular formula is C6H10NaO5S+. The molecule has 0 saturated heterocycles. The molecule has 0 aliphatic rings. The van der Waals surface area contributed by atoms with Crippen LogP contribution >= 0.6 is 0 Å². The van der Waals surface area contributed by atoms with E-state index in [-0.39, 0.29) is 35.1 Å². The summed E-state index contributed by atoms with van der Waals surface area (Å²) < 4.78 is 33.4. The Kier molecular flexibility index (Phi) is 6.91. The van der Waals surface area contributed by atoms with E-state index < -0.39 is 21.5 Å². The van der Waals surface area contributed by atoms with Crippen molar-refractivity contribution in [1.29, 1.82) is 0 Å². The second kappa shape index (κ2) is 5.77. The predicted molar refractivity (Wildman–Crippen MR) is 41.9 cm³/mol. The van der Waals surface area contributed by atoms with Crippen LogP contribution in [0.2, 0.25) is 0 Å². The van der Waals surface area contributed by atoms with E-state index in [1.54, 1.807) is 0 Å². The van der Waals surface area contributed by atoms with Gasteiger partial charge in [0.25, 0.3) is 0 Å². The fourth-order valence-corrected chi connectivity index (χ4v) is 0.521. The third-order valence-corrected chi connectivity index (χ3v) is 1.98. The van der Waals surface area contributed by atoms with Gasteiger partial charge in [0.2, 0.25) is 5.44 Å². The fraction of sp³-hybridized carbons (Fsp3) is 0.500.